The van der Waals surface area contributed by atoms with E-state index in [0.717, 1.165) is 10.8 Å². The number of carbonyl (C=O) groups is 2. The highest BCUT2D eigenvalue weighted by Gasteiger charge is 2.21. The lowest BCUT2D eigenvalue weighted by Crippen LogP contribution is -2.09. The topological polar surface area (TPSA) is 74.6 Å². The van der Waals surface area contributed by atoms with Crippen LogP contribution in [0.5, 0.6) is 0 Å². The van der Waals surface area contributed by atoms with Gasteiger partial charge in [-0.15, -0.1) is 0 Å². The first-order valence-electron chi connectivity index (χ1n) is 6.67. The van der Waals surface area contributed by atoms with Crippen molar-refractivity contribution in [1.82, 2.24) is 0 Å². The number of aromatic carboxylic acids is 2. The van der Waals surface area contributed by atoms with E-state index in [-0.39, 0.29) is 11.1 Å². The van der Waals surface area contributed by atoms with Crippen LogP contribution < -0.4 is 0 Å². The van der Waals surface area contributed by atoms with E-state index >= 15 is 0 Å². The van der Waals surface area contributed by atoms with Crippen LogP contribution in [0.4, 0.5) is 0 Å². The third-order valence-corrected chi connectivity index (χ3v) is 3.59. The summed E-state index contributed by atoms with van der Waals surface area (Å²) in [6, 6.07) is 17.7. The second kappa shape index (κ2) is 5.33. The number of carboxylic acids is 2. The lowest BCUT2D eigenvalue weighted by molar-refractivity contribution is 0.0652. The van der Waals surface area contributed by atoms with Crippen LogP contribution in [0.25, 0.3) is 21.9 Å². The third-order valence-electron chi connectivity index (χ3n) is 3.59. The van der Waals surface area contributed by atoms with Crippen LogP contribution in [0.3, 0.4) is 0 Å². The molecule has 0 heterocycles. The van der Waals surface area contributed by atoms with Gasteiger partial charge in [0.25, 0.3) is 0 Å². The van der Waals surface area contributed by atoms with Crippen LogP contribution in [-0.2, 0) is 0 Å². The van der Waals surface area contributed by atoms with E-state index in [9.17, 15) is 19.8 Å². The Balaban J connectivity index is 2.39. The van der Waals surface area contributed by atoms with Crippen LogP contribution in [0.2, 0.25) is 0 Å². The molecule has 2 N–H and O–H groups in total. The van der Waals surface area contributed by atoms with Crippen molar-refractivity contribution >= 4 is 22.7 Å². The average Bonchev–Trinajstić information content (AvgIpc) is 2.53. The molecule has 0 spiro atoms. The number of carboxylic acid groups (broad SMARTS) is 2. The molecule has 0 aromatic heterocycles. The van der Waals surface area contributed by atoms with Gasteiger partial charge in [0.1, 0.15) is 0 Å². The van der Waals surface area contributed by atoms with E-state index in [1.165, 1.54) is 6.07 Å². The molecule has 3 aromatic carbocycles. The summed E-state index contributed by atoms with van der Waals surface area (Å²) in [5.74, 6) is -2.50. The Kier molecular flexibility index (Phi) is 3.35. The van der Waals surface area contributed by atoms with Crippen LogP contribution in [-0.4, -0.2) is 22.2 Å². The quantitative estimate of drug-likeness (QED) is 0.767. The van der Waals surface area contributed by atoms with Crippen molar-refractivity contribution in [3.05, 3.63) is 71.8 Å². The molecule has 0 saturated carbocycles. The van der Waals surface area contributed by atoms with Crippen molar-refractivity contribution in [2.24, 2.45) is 0 Å². The van der Waals surface area contributed by atoms with Gasteiger partial charge in [-0.05, 0) is 28.0 Å². The van der Waals surface area contributed by atoms with Gasteiger partial charge in [0.2, 0.25) is 0 Å². The summed E-state index contributed by atoms with van der Waals surface area (Å²) in [6.45, 7) is 0. The highest BCUT2D eigenvalue weighted by atomic mass is 16.4. The first-order chi connectivity index (χ1) is 10.6. The van der Waals surface area contributed by atoms with E-state index < -0.39 is 11.9 Å². The molecule has 4 nitrogen and oxygen atoms in total. The number of hydrogen-bond acceptors (Lipinski definition) is 2. The van der Waals surface area contributed by atoms with Gasteiger partial charge in [0.15, 0.2) is 0 Å². The fraction of sp³-hybridized carbons (Fsp3) is 0. The maximum Gasteiger partial charge on any atom is 0.337 e. The van der Waals surface area contributed by atoms with Gasteiger partial charge < -0.3 is 10.2 Å². The van der Waals surface area contributed by atoms with Crippen LogP contribution >= 0.6 is 0 Å². The molecule has 0 fully saturated rings. The predicted molar refractivity (Wildman–Crippen MR) is 83.3 cm³/mol. The minimum Gasteiger partial charge on any atom is -0.478 e. The fourth-order valence-corrected chi connectivity index (χ4v) is 2.65. The molecule has 0 unspecified atom stereocenters. The molecule has 0 radical (unpaired) electrons. The first-order valence-corrected chi connectivity index (χ1v) is 6.67. The van der Waals surface area contributed by atoms with Gasteiger partial charge in [0, 0.05) is 0 Å². The minimum atomic E-state index is -1.25. The molecule has 3 aromatic rings. The number of fused-ring (bicyclic) bond motifs is 1. The fourth-order valence-electron chi connectivity index (χ4n) is 2.65. The van der Waals surface area contributed by atoms with Crippen molar-refractivity contribution in [1.29, 1.82) is 0 Å². The zero-order valence-corrected chi connectivity index (χ0v) is 11.5. The molecule has 0 aliphatic rings. The Bertz CT molecular complexity index is 891. The molecule has 108 valence electrons. The zero-order valence-electron chi connectivity index (χ0n) is 11.5. The smallest absolute Gasteiger partial charge is 0.337 e. The summed E-state index contributed by atoms with van der Waals surface area (Å²) < 4.78 is 0. The molecule has 0 atom stereocenters. The van der Waals surface area contributed by atoms with Gasteiger partial charge in [-0.3, -0.25) is 0 Å². The Morgan fingerprint density at radius 1 is 0.682 bits per heavy atom. The summed E-state index contributed by atoms with van der Waals surface area (Å²) in [7, 11) is 0. The zero-order chi connectivity index (χ0) is 15.7. The van der Waals surface area contributed by atoms with Crippen LogP contribution in [0, 0.1) is 0 Å². The van der Waals surface area contributed by atoms with E-state index in [1.54, 1.807) is 18.2 Å². The van der Waals surface area contributed by atoms with Crippen molar-refractivity contribution in [2.75, 3.05) is 0 Å². The molecule has 0 amide bonds. The van der Waals surface area contributed by atoms with Crippen molar-refractivity contribution in [3.8, 4) is 11.1 Å². The predicted octanol–water partition coefficient (Wildman–Crippen LogP) is 3.90. The summed E-state index contributed by atoms with van der Waals surface area (Å²) in [5.41, 5.74) is 0.715. The maximum atomic E-state index is 11.6. The number of rotatable bonds is 3. The molecule has 0 aliphatic heterocycles. The normalized spacial score (nSPS) is 10.5. The maximum absolute atomic E-state index is 11.6. The van der Waals surface area contributed by atoms with Gasteiger partial charge in [0.05, 0.1) is 11.1 Å². The van der Waals surface area contributed by atoms with Crippen LogP contribution in [0.15, 0.2) is 60.7 Å². The SMILES string of the molecule is O=C(O)c1cccc(-c2cccc3ccccc23)c1C(=O)O. The molecule has 0 aliphatic carbocycles. The Hall–Kier alpha value is -3.14. The summed E-state index contributed by atoms with van der Waals surface area (Å²) in [5, 5.41) is 20.6. The third kappa shape index (κ3) is 2.20. The lowest BCUT2D eigenvalue weighted by Gasteiger charge is -2.12. The summed E-state index contributed by atoms with van der Waals surface area (Å²) in [6.07, 6.45) is 0. The molecular weight excluding hydrogens is 280 g/mol. The molecule has 0 saturated heterocycles. The second-order valence-corrected chi connectivity index (χ2v) is 4.87. The Morgan fingerprint density at radius 2 is 1.32 bits per heavy atom. The highest BCUT2D eigenvalue weighted by molar-refractivity contribution is 6.09. The van der Waals surface area contributed by atoms with E-state index in [1.807, 2.05) is 36.4 Å². The van der Waals surface area contributed by atoms with E-state index in [2.05, 4.69) is 0 Å². The number of hydrogen-bond donors (Lipinski definition) is 2. The van der Waals surface area contributed by atoms with Gasteiger partial charge >= 0.3 is 11.9 Å². The first kappa shape index (κ1) is 13.8. The van der Waals surface area contributed by atoms with Crippen molar-refractivity contribution in [2.45, 2.75) is 0 Å². The molecular formula is C18H12O4. The summed E-state index contributed by atoms with van der Waals surface area (Å²) in [4.78, 5) is 22.9. The Labute approximate surface area is 126 Å². The minimum absolute atomic E-state index is 0.189. The largest absolute Gasteiger partial charge is 0.478 e. The average molecular weight is 292 g/mol. The number of benzene rings is 3. The Morgan fingerprint density at radius 3 is 2.05 bits per heavy atom. The van der Waals surface area contributed by atoms with Gasteiger partial charge in [-0.25, -0.2) is 9.59 Å². The lowest BCUT2D eigenvalue weighted by atomic mass is 9.92. The summed E-state index contributed by atoms with van der Waals surface area (Å²) >= 11 is 0. The molecule has 22 heavy (non-hydrogen) atoms. The molecule has 3 rings (SSSR count). The van der Waals surface area contributed by atoms with Gasteiger partial charge in [-0.2, -0.15) is 0 Å². The van der Waals surface area contributed by atoms with Crippen LogP contribution in [0.1, 0.15) is 20.7 Å². The monoisotopic (exact) mass is 292 g/mol. The molecule has 4 heteroatoms. The highest BCUT2D eigenvalue weighted by Crippen LogP contribution is 2.32. The van der Waals surface area contributed by atoms with Crippen molar-refractivity contribution in [3.63, 3.8) is 0 Å². The van der Waals surface area contributed by atoms with E-state index in [4.69, 9.17) is 0 Å². The second-order valence-electron chi connectivity index (χ2n) is 4.87. The van der Waals surface area contributed by atoms with Crippen molar-refractivity contribution < 1.29 is 19.8 Å². The standard InChI is InChI=1S/C18H12O4/c19-17(20)15-10-4-9-14(16(15)18(21)22)13-8-3-6-11-5-1-2-7-12(11)13/h1-10H,(H,19,20)(H,21,22). The van der Waals surface area contributed by atoms with Gasteiger partial charge in [-0.1, -0.05) is 54.6 Å². The van der Waals surface area contributed by atoms with E-state index in [0.29, 0.717) is 11.1 Å². The molecule has 0 bridgehead atoms.